The molecule has 0 spiro atoms. The summed E-state index contributed by atoms with van der Waals surface area (Å²) in [6, 6.07) is 16.0. The fourth-order valence-electron chi connectivity index (χ4n) is 3.48. The molecular weight excluding hydrogens is 326 g/mol. The zero-order chi connectivity index (χ0) is 18.1. The van der Waals surface area contributed by atoms with E-state index in [0.29, 0.717) is 24.7 Å². The van der Waals surface area contributed by atoms with Gasteiger partial charge in [-0.15, -0.1) is 0 Å². The van der Waals surface area contributed by atoms with E-state index in [9.17, 15) is 4.79 Å². The second kappa shape index (κ2) is 6.75. The maximum absolute atomic E-state index is 12.6. The normalized spacial score (nSPS) is 17.1. The lowest BCUT2D eigenvalue weighted by Gasteiger charge is -2.19. The third kappa shape index (κ3) is 3.01. The largest absolute Gasteiger partial charge is 0.334 e. The molecule has 1 amide bonds. The molecule has 5 heteroatoms. The van der Waals surface area contributed by atoms with E-state index in [2.05, 4.69) is 23.1 Å². The Morgan fingerprint density at radius 1 is 1.19 bits per heavy atom. The average molecular weight is 347 g/mol. The van der Waals surface area contributed by atoms with E-state index in [0.717, 1.165) is 23.2 Å². The van der Waals surface area contributed by atoms with E-state index in [1.807, 2.05) is 54.3 Å². The van der Waals surface area contributed by atoms with E-state index in [1.54, 1.807) is 0 Å². The maximum atomic E-state index is 12.6. The first-order valence-corrected chi connectivity index (χ1v) is 8.94. The van der Waals surface area contributed by atoms with Crippen molar-refractivity contribution in [2.45, 2.75) is 32.6 Å². The van der Waals surface area contributed by atoms with Gasteiger partial charge < -0.3 is 9.42 Å². The number of benzene rings is 2. The first kappa shape index (κ1) is 16.5. The van der Waals surface area contributed by atoms with E-state index in [4.69, 9.17) is 4.52 Å². The summed E-state index contributed by atoms with van der Waals surface area (Å²) < 4.78 is 5.45. The minimum absolute atomic E-state index is 0.0466. The Morgan fingerprint density at radius 3 is 2.85 bits per heavy atom. The molecule has 0 bridgehead atoms. The Bertz CT molecular complexity index is 948. The van der Waals surface area contributed by atoms with Crippen LogP contribution in [0.25, 0.3) is 11.5 Å². The Labute approximate surface area is 152 Å². The fourth-order valence-corrected chi connectivity index (χ4v) is 3.48. The monoisotopic (exact) mass is 347 g/mol. The molecule has 1 atom stereocenters. The van der Waals surface area contributed by atoms with Crippen molar-refractivity contribution in [1.82, 2.24) is 10.1 Å². The van der Waals surface area contributed by atoms with E-state index < -0.39 is 0 Å². The van der Waals surface area contributed by atoms with E-state index >= 15 is 0 Å². The lowest BCUT2D eigenvalue weighted by molar-refractivity contribution is -0.117. The highest BCUT2D eigenvalue weighted by Crippen LogP contribution is 2.33. The van der Waals surface area contributed by atoms with Gasteiger partial charge in [-0.05, 0) is 37.1 Å². The molecule has 1 aliphatic heterocycles. The second-order valence-corrected chi connectivity index (χ2v) is 6.71. The number of aryl methyl sites for hydroxylation is 2. The number of anilines is 1. The summed E-state index contributed by atoms with van der Waals surface area (Å²) in [6.45, 7) is 4.71. The highest BCUT2D eigenvalue weighted by atomic mass is 16.5. The van der Waals surface area contributed by atoms with Gasteiger partial charge in [-0.25, -0.2) is 0 Å². The Kier molecular flexibility index (Phi) is 4.29. The fraction of sp³-hybridized carbons (Fsp3) is 0.286. The topological polar surface area (TPSA) is 59.2 Å². The molecule has 1 unspecified atom stereocenters. The van der Waals surface area contributed by atoms with Crippen LogP contribution in [0.1, 0.15) is 36.2 Å². The number of amides is 1. The molecule has 26 heavy (non-hydrogen) atoms. The smallest absolute Gasteiger partial charge is 0.257 e. The van der Waals surface area contributed by atoms with Crippen LogP contribution >= 0.6 is 0 Å². The van der Waals surface area contributed by atoms with Crippen LogP contribution in [-0.2, 0) is 11.2 Å². The molecule has 3 aromatic rings. The van der Waals surface area contributed by atoms with Gasteiger partial charge in [0.05, 0.1) is 0 Å². The number of para-hydroxylation sites is 1. The number of rotatable bonds is 4. The molecular formula is C21H21N3O2. The van der Waals surface area contributed by atoms with Gasteiger partial charge in [0.15, 0.2) is 5.82 Å². The van der Waals surface area contributed by atoms with Gasteiger partial charge in [-0.1, -0.05) is 48.0 Å². The third-order valence-corrected chi connectivity index (χ3v) is 4.86. The van der Waals surface area contributed by atoms with Gasteiger partial charge in [-0.3, -0.25) is 4.79 Å². The quantitative estimate of drug-likeness (QED) is 0.712. The summed E-state index contributed by atoms with van der Waals surface area (Å²) in [5.74, 6) is 1.17. The molecule has 1 aliphatic rings. The first-order valence-electron chi connectivity index (χ1n) is 8.94. The van der Waals surface area contributed by atoms with Crippen LogP contribution in [0.3, 0.4) is 0 Å². The van der Waals surface area contributed by atoms with Crippen LogP contribution in [-0.4, -0.2) is 22.6 Å². The van der Waals surface area contributed by atoms with Crippen molar-refractivity contribution in [2.75, 3.05) is 11.4 Å². The third-order valence-electron chi connectivity index (χ3n) is 4.86. The number of nitrogens with zero attached hydrogens (tertiary/aromatic N) is 3. The Hall–Kier alpha value is -2.95. The lowest BCUT2D eigenvalue weighted by atomic mass is 10.1. The number of carbonyl (C=O) groups excluding carboxylic acids is 1. The van der Waals surface area contributed by atoms with E-state index in [1.165, 1.54) is 5.56 Å². The predicted molar refractivity (Wildman–Crippen MR) is 100 cm³/mol. The van der Waals surface area contributed by atoms with Crippen molar-refractivity contribution in [2.24, 2.45) is 0 Å². The molecule has 0 N–H and O–H groups in total. The van der Waals surface area contributed by atoms with Crippen LogP contribution in [0.2, 0.25) is 0 Å². The SMILES string of the molecule is CCc1ccccc1N1CC(c2noc(-c3cccc(C)c3)n2)CC1=O. The summed E-state index contributed by atoms with van der Waals surface area (Å²) in [5.41, 5.74) is 4.21. The summed E-state index contributed by atoms with van der Waals surface area (Å²) >= 11 is 0. The second-order valence-electron chi connectivity index (χ2n) is 6.71. The zero-order valence-electron chi connectivity index (χ0n) is 15.0. The Morgan fingerprint density at radius 2 is 2.04 bits per heavy atom. The van der Waals surface area contributed by atoms with Crippen molar-refractivity contribution in [3.05, 3.63) is 65.5 Å². The molecule has 5 nitrogen and oxygen atoms in total. The van der Waals surface area contributed by atoms with Crippen molar-refractivity contribution >= 4 is 11.6 Å². The standard InChI is InChI=1S/C21H21N3O2/c1-3-15-8-4-5-10-18(15)24-13-17(12-19(24)25)20-22-21(26-23-20)16-9-6-7-14(2)11-16/h4-11,17H,3,12-13H2,1-2H3. The number of hydrogen-bond donors (Lipinski definition) is 0. The Balaban J connectivity index is 1.58. The van der Waals surface area contributed by atoms with Gasteiger partial charge >= 0.3 is 0 Å². The highest BCUT2D eigenvalue weighted by Gasteiger charge is 2.35. The summed E-state index contributed by atoms with van der Waals surface area (Å²) in [7, 11) is 0. The molecule has 2 aromatic carbocycles. The minimum atomic E-state index is -0.0466. The van der Waals surface area contributed by atoms with Crippen molar-refractivity contribution in [3.63, 3.8) is 0 Å². The van der Waals surface area contributed by atoms with Crippen LogP contribution in [0, 0.1) is 6.92 Å². The molecule has 1 aromatic heterocycles. The lowest BCUT2D eigenvalue weighted by Crippen LogP contribution is -2.25. The highest BCUT2D eigenvalue weighted by molar-refractivity contribution is 5.97. The van der Waals surface area contributed by atoms with Crippen molar-refractivity contribution in [3.8, 4) is 11.5 Å². The van der Waals surface area contributed by atoms with Crippen LogP contribution in [0.15, 0.2) is 53.1 Å². The van der Waals surface area contributed by atoms with Gasteiger partial charge in [0.25, 0.3) is 5.89 Å². The minimum Gasteiger partial charge on any atom is -0.334 e. The summed E-state index contributed by atoms with van der Waals surface area (Å²) in [4.78, 5) is 19.0. The molecule has 1 saturated heterocycles. The molecule has 132 valence electrons. The molecule has 0 saturated carbocycles. The number of hydrogen-bond acceptors (Lipinski definition) is 4. The summed E-state index contributed by atoms with van der Waals surface area (Å²) in [5, 5.41) is 4.14. The number of aromatic nitrogens is 2. The van der Waals surface area contributed by atoms with Crippen molar-refractivity contribution in [1.29, 1.82) is 0 Å². The molecule has 0 radical (unpaired) electrons. The van der Waals surface area contributed by atoms with Gasteiger partial charge in [0, 0.05) is 30.1 Å². The van der Waals surface area contributed by atoms with Crippen LogP contribution in [0.4, 0.5) is 5.69 Å². The average Bonchev–Trinajstić information content (AvgIpc) is 3.28. The van der Waals surface area contributed by atoms with Gasteiger partial charge in [-0.2, -0.15) is 4.98 Å². The maximum Gasteiger partial charge on any atom is 0.257 e. The molecule has 0 aliphatic carbocycles. The van der Waals surface area contributed by atoms with Crippen molar-refractivity contribution < 1.29 is 9.32 Å². The van der Waals surface area contributed by atoms with Gasteiger partial charge in [0.2, 0.25) is 5.91 Å². The molecule has 4 rings (SSSR count). The molecule has 1 fully saturated rings. The predicted octanol–water partition coefficient (Wildman–Crippen LogP) is 4.13. The van der Waals surface area contributed by atoms with Crippen LogP contribution < -0.4 is 4.90 Å². The zero-order valence-corrected chi connectivity index (χ0v) is 15.0. The molecule has 2 heterocycles. The first-order chi connectivity index (χ1) is 12.7. The van der Waals surface area contributed by atoms with E-state index in [-0.39, 0.29) is 11.8 Å². The van der Waals surface area contributed by atoms with Gasteiger partial charge in [0.1, 0.15) is 0 Å². The van der Waals surface area contributed by atoms with Crippen LogP contribution in [0.5, 0.6) is 0 Å². The number of carbonyl (C=O) groups is 1. The summed E-state index contributed by atoms with van der Waals surface area (Å²) in [6.07, 6.45) is 1.30.